The van der Waals surface area contributed by atoms with E-state index < -0.39 is 5.60 Å². The zero-order valence-electron chi connectivity index (χ0n) is 13.4. The summed E-state index contributed by atoms with van der Waals surface area (Å²) in [6.07, 6.45) is 0. The maximum absolute atomic E-state index is 10.9. The first-order valence-electron chi connectivity index (χ1n) is 7.25. The van der Waals surface area contributed by atoms with E-state index in [0.717, 1.165) is 0 Å². The Kier molecular flexibility index (Phi) is 6.21. The molecule has 1 nitrogen and oxygen atoms in total. The predicted octanol–water partition coefficient (Wildman–Crippen LogP) is 4.59. The van der Waals surface area contributed by atoms with E-state index in [1.54, 1.807) is 0 Å². The van der Waals surface area contributed by atoms with Gasteiger partial charge in [-0.15, -0.1) is 0 Å². The van der Waals surface area contributed by atoms with E-state index in [-0.39, 0.29) is 0 Å². The van der Waals surface area contributed by atoms with Crippen molar-refractivity contribution in [3.05, 3.63) is 0 Å². The fraction of sp³-hybridized carbons (Fsp3) is 1.00. The average molecular weight is 242 g/mol. The smallest absolute Gasteiger partial charge is 0.0675 e. The molecule has 0 aromatic rings. The monoisotopic (exact) mass is 242 g/mol. The Morgan fingerprint density at radius 1 is 0.647 bits per heavy atom. The van der Waals surface area contributed by atoms with Crippen LogP contribution in [0.15, 0.2) is 0 Å². The maximum Gasteiger partial charge on any atom is 0.0675 e. The van der Waals surface area contributed by atoms with Gasteiger partial charge in [0.25, 0.3) is 0 Å². The van der Waals surface area contributed by atoms with Crippen LogP contribution in [0.2, 0.25) is 0 Å². The zero-order valence-corrected chi connectivity index (χ0v) is 13.4. The van der Waals surface area contributed by atoms with Crippen LogP contribution in [0.1, 0.15) is 62.3 Å². The summed E-state index contributed by atoms with van der Waals surface area (Å²) >= 11 is 0. The van der Waals surface area contributed by atoms with Crippen LogP contribution < -0.4 is 0 Å². The van der Waals surface area contributed by atoms with Gasteiger partial charge in [0.05, 0.1) is 5.60 Å². The molecule has 17 heavy (non-hydrogen) atoms. The Balaban J connectivity index is 4.87. The number of hydrogen-bond acceptors (Lipinski definition) is 1. The molecule has 0 aliphatic heterocycles. The topological polar surface area (TPSA) is 20.2 Å². The lowest BCUT2D eigenvalue weighted by Crippen LogP contribution is -2.46. The van der Waals surface area contributed by atoms with Crippen molar-refractivity contribution in [1.82, 2.24) is 0 Å². The molecular weight excluding hydrogens is 208 g/mol. The molecule has 0 saturated carbocycles. The highest BCUT2D eigenvalue weighted by molar-refractivity contribution is 4.90. The van der Waals surface area contributed by atoms with Crippen molar-refractivity contribution in [2.24, 2.45) is 35.5 Å². The zero-order chi connectivity index (χ0) is 14.0. The summed E-state index contributed by atoms with van der Waals surface area (Å²) in [6, 6.07) is 0. The molecule has 0 fully saturated rings. The highest BCUT2D eigenvalue weighted by Crippen LogP contribution is 2.39. The standard InChI is InChI=1S/C16H34O/c1-10(2)12(5)14(7)16(9,17)15(8)13(6)11(3)4/h10-15,17H,1-9H3. The van der Waals surface area contributed by atoms with Crippen molar-refractivity contribution in [2.75, 3.05) is 0 Å². The van der Waals surface area contributed by atoms with Crippen LogP contribution in [-0.2, 0) is 0 Å². The van der Waals surface area contributed by atoms with Gasteiger partial charge in [-0.3, -0.25) is 0 Å². The molecule has 0 rings (SSSR count). The van der Waals surface area contributed by atoms with Gasteiger partial charge in [-0.05, 0) is 42.4 Å². The van der Waals surface area contributed by atoms with Crippen LogP contribution >= 0.6 is 0 Å². The van der Waals surface area contributed by atoms with E-state index in [0.29, 0.717) is 35.5 Å². The molecule has 104 valence electrons. The second kappa shape index (κ2) is 6.22. The molecule has 4 atom stereocenters. The van der Waals surface area contributed by atoms with Gasteiger partial charge in [-0.25, -0.2) is 0 Å². The van der Waals surface area contributed by atoms with Gasteiger partial charge in [-0.1, -0.05) is 55.4 Å². The number of hydrogen-bond donors (Lipinski definition) is 1. The fourth-order valence-corrected chi connectivity index (χ4v) is 2.63. The molecule has 0 aliphatic carbocycles. The molecule has 0 radical (unpaired) electrons. The molecular formula is C16H34O. The third-order valence-electron chi connectivity index (χ3n) is 5.52. The molecule has 4 unspecified atom stereocenters. The molecule has 0 spiro atoms. The third-order valence-corrected chi connectivity index (χ3v) is 5.52. The van der Waals surface area contributed by atoms with Crippen LogP contribution in [0, 0.1) is 35.5 Å². The molecule has 0 amide bonds. The van der Waals surface area contributed by atoms with Crippen LogP contribution in [0.5, 0.6) is 0 Å². The highest BCUT2D eigenvalue weighted by Gasteiger charge is 2.40. The normalized spacial score (nSPS) is 23.3. The van der Waals surface area contributed by atoms with Gasteiger partial charge in [0, 0.05) is 0 Å². The molecule has 1 heteroatoms. The van der Waals surface area contributed by atoms with Crippen molar-refractivity contribution in [1.29, 1.82) is 0 Å². The summed E-state index contributed by atoms with van der Waals surface area (Å²) in [5.41, 5.74) is -0.576. The molecule has 0 saturated heterocycles. The SMILES string of the molecule is CC(C)C(C)C(C)C(C)(O)C(C)C(C)C(C)C. The first-order chi connectivity index (χ1) is 7.53. The van der Waals surface area contributed by atoms with Crippen molar-refractivity contribution >= 4 is 0 Å². The van der Waals surface area contributed by atoms with Crippen molar-refractivity contribution in [3.8, 4) is 0 Å². The molecule has 0 aromatic carbocycles. The molecule has 0 aromatic heterocycles. The minimum absolute atomic E-state index is 0.332. The Morgan fingerprint density at radius 3 is 1.06 bits per heavy atom. The molecule has 1 N–H and O–H groups in total. The van der Waals surface area contributed by atoms with Crippen LogP contribution in [0.25, 0.3) is 0 Å². The van der Waals surface area contributed by atoms with Gasteiger partial charge in [0.15, 0.2) is 0 Å². The fourth-order valence-electron chi connectivity index (χ4n) is 2.63. The number of aliphatic hydroxyl groups is 1. The Hall–Kier alpha value is -0.0400. The summed E-state index contributed by atoms with van der Waals surface area (Å²) in [5.74, 6) is 3.01. The lowest BCUT2D eigenvalue weighted by atomic mass is 9.66. The quantitative estimate of drug-likeness (QED) is 0.722. The van der Waals surface area contributed by atoms with Gasteiger partial charge >= 0.3 is 0 Å². The van der Waals surface area contributed by atoms with Gasteiger partial charge < -0.3 is 5.11 Å². The van der Waals surface area contributed by atoms with Gasteiger partial charge in [0.1, 0.15) is 0 Å². The summed E-state index contributed by atoms with van der Waals surface area (Å²) in [4.78, 5) is 0. The maximum atomic E-state index is 10.9. The Morgan fingerprint density at radius 2 is 0.882 bits per heavy atom. The van der Waals surface area contributed by atoms with E-state index in [1.807, 2.05) is 6.92 Å². The largest absolute Gasteiger partial charge is 0.390 e. The van der Waals surface area contributed by atoms with Crippen molar-refractivity contribution in [3.63, 3.8) is 0 Å². The average Bonchev–Trinajstić information content (AvgIpc) is 2.24. The molecule has 0 aliphatic rings. The summed E-state index contributed by atoms with van der Waals surface area (Å²) < 4.78 is 0. The first-order valence-corrected chi connectivity index (χ1v) is 7.25. The predicted molar refractivity (Wildman–Crippen MR) is 77.0 cm³/mol. The van der Waals surface area contributed by atoms with E-state index >= 15 is 0 Å². The van der Waals surface area contributed by atoms with E-state index in [4.69, 9.17) is 0 Å². The Labute approximate surface area is 109 Å². The minimum Gasteiger partial charge on any atom is -0.390 e. The summed E-state index contributed by atoms with van der Waals surface area (Å²) in [6.45, 7) is 19.9. The van der Waals surface area contributed by atoms with E-state index in [2.05, 4.69) is 55.4 Å². The van der Waals surface area contributed by atoms with Crippen LogP contribution in [-0.4, -0.2) is 10.7 Å². The van der Waals surface area contributed by atoms with Gasteiger partial charge in [-0.2, -0.15) is 0 Å². The van der Waals surface area contributed by atoms with Crippen molar-refractivity contribution < 1.29 is 5.11 Å². The van der Waals surface area contributed by atoms with E-state index in [1.165, 1.54) is 0 Å². The second-order valence-corrected chi connectivity index (χ2v) is 7.01. The third kappa shape index (κ3) is 3.98. The number of rotatable bonds is 6. The van der Waals surface area contributed by atoms with Gasteiger partial charge in [0.2, 0.25) is 0 Å². The lowest BCUT2D eigenvalue weighted by Gasteiger charge is -2.43. The highest BCUT2D eigenvalue weighted by atomic mass is 16.3. The summed E-state index contributed by atoms with van der Waals surface area (Å²) in [7, 11) is 0. The second-order valence-electron chi connectivity index (χ2n) is 7.01. The minimum atomic E-state index is -0.576. The molecule has 0 bridgehead atoms. The van der Waals surface area contributed by atoms with Crippen molar-refractivity contribution in [2.45, 2.75) is 67.9 Å². The first kappa shape index (κ1) is 17.0. The van der Waals surface area contributed by atoms with Crippen LogP contribution in [0.4, 0.5) is 0 Å². The van der Waals surface area contributed by atoms with E-state index in [9.17, 15) is 5.11 Å². The lowest BCUT2D eigenvalue weighted by molar-refractivity contribution is -0.0870. The van der Waals surface area contributed by atoms with Crippen LogP contribution in [0.3, 0.4) is 0 Å². The Bertz CT molecular complexity index is 196. The molecule has 0 heterocycles. The summed E-state index contributed by atoms with van der Waals surface area (Å²) in [5, 5.41) is 10.9.